The summed E-state index contributed by atoms with van der Waals surface area (Å²) in [4.78, 5) is 0. The molecule has 0 aromatic carbocycles. The number of alkyl halides is 1. The van der Waals surface area contributed by atoms with Crippen LogP contribution in [0.2, 0.25) is 13.1 Å². The molecule has 0 nitrogen and oxygen atoms in total. The molecule has 1 unspecified atom stereocenters. The predicted octanol–water partition coefficient (Wildman–Crippen LogP) is 2.98. The fourth-order valence-electron chi connectivity index (χ4n) is 0.654. The molecule has 0 aliphatic heterocycles. The van der Waals surface area contributed by atoms with E-state index in [9.17, 15) is 0 Å². The van der Waals surface area contributed by atoms with Gasteiger partial charge >= 0.3 is 0 Å². The van der Waals surface area contributed by atoms with Crippen LogP contribution in [0.15, 0.2) is 12.3 Å². The molecule has 0 radical (unpaired) electrons. The Kier molecular flexibility index (Phi) is 3.52. The van der Waals surface area contributed by atoms with Crippen molar-refractivity contribution in [1.82, 2.24) is 0 Å². The monoisotopic (exact) mass is 162 g/mol. The van der Waals surface area contributed by atoms with E-state index in [1.54, 1.807) is 0 Å². The lowest BCUT2D eigenvalue weighted by Gasteiger charge is -2.21. The number of hydrogen-bond acceptors (Lipinski definition) is 0. The van der Waals surface area contributed by atoms with Crippen LogP contribution in [0.25, 0.3) is 0 Å². The van der Waals surface area contributed by atoms with E-state index in [1.807, 2.05) is 5.70 Å². The summed E-state index contributed by atoms with van der Waals surface area (Å²) in [6, 6.07) is 0. The first-order chi connectivity index (χ1) is 4.04. The normalized spacial score (nSPS) is 15.1. The van der Waals surface area contributed by atoms with Crippen LogP contribution < -0.4 is 0 Å². The highest BCUT2D eigenvalue weighted by Crippen LogP contribution is 2.17. The molecule has 0 aromatic heterocycles. The largest absolute Gasteiger partial charge is 0.126 e. The van der Waals surface area contributed by atoms with Crippen molar-refractivity contribution in [2.24, 2.45) is 0 Å². The van der Waals surface area contributed by atoms with Crippen molar-refractivity contribution >= 4 is 19.7 Å². The fraction of sp³-hybridized carbons (Fsp3) is 0.714. The molecule has 0 heterocycles. The first-order valence-electron chi connectivity index (χ1n) is 3.32. The predicted molar refractivity (Wildman–Crippen MR) is 47.6 cm³/mol. The van der Waals surface area contributed by atoms with E-state index >= 15 is 0 Å². The zero-order valence-electron chi connectivity index (χ0n) is 6.45. The van der Waals surface area contributed by atoms with Crippen LogP contribution in [0.5, 0.6) is 0 Å². The van der Waals surface area contributed by atoms with E-state index in [4.69, 9.17) is 11.6 Å². The Labute approximate surface area is 63.9 Å². The third kappa shape index (κ3) is 2.54. The molecule has 1 atom stereocenters. The van der Waals surface area contributed by atoms with Crippen LogP contribution in [-0.4, -0.2) is 13.1 Å². The van der Waals surface area contributed by atoms with Gasteiger partial charge in [-0.3, -0.25) is 0 Å². The second kappa shape index (κ2) is 3.42. The Bertz CT molecular complexity index is 99.1. The standard InChI is InChI=1S/C7H15ClSi/c1-5-7(8)9(3,4)6-2/h6-7H,2,5H2,1,3-4H3. The lowest BCUT2D eigenvalue weighted by atomic mass is 10.6. The van der Waals surface area contributed by atoms with Gasteiger partial charge in [0.2, 0.25) is 0 Å². The highest BCUT2D eigenvalue weighted by molar-refractivity contribution is 6.88. The van der Waals surface area contributed by atoms with Crippen LogP contribution in [0.1, 0.15) is 13.3 Å². The van der Waals surface area contributed by atoms with Crippen molar-refractivity contribution in [1.29, 1.82) is 0 Å². The molecule has 0 spiro atoms. The highest BCUT2D eigenvalue weighted by atomic mass is 35.5. The molecule has 9 heavy (non-hydrogen) atoms. The van der Waals surface area contributed by atoms with Gasteiger partial charge in [0.1, 0.15) is 0 Å². The minimum atomic E-state index is -1.25. The molecular weight excluding hydrogens is 148 g/mol. The zero-order chi connectivity index (χ0) is 7.49. The summed E-state index contributed by atoms with van der Waals surface area (Å²) in [6.07, 6.45) is 1.06. The Morgan fingerprint density at radius 1 is 1.67 bits per heavy atom. The minimum Gasteiger partial charge on any atom is -0.126 e. The molecule has 0 saturated heterocycles. The van der Waals surface area contributed by atoms with Crippen LogP contribution in [-0.2, 0) is 0 Å². The summed E-state index contributed by atoms with van der Waals surface area (Å²) >= 11 is 6.05. The molecule has 0 rings (SSSR count). The summed E-state index contributed by atoms with van der Waals surface area (Å²) < 4.78 is 0. The Morgan fingerprint density at radius 2 is 2.11 bits per heavy atom. The molecule has 0 aliphatic carbocycles. The molecule has 0 aliphatic rings. The van der Waals surface area contributed by atoms with Gasteiger partial charge in [-0.1, -0.05) is 20.0 Å². The average molecular weight is 163 g/mol. The molecular formula is C7H15ClSi. The van der Waals surface area contributed by atoms with Gasteiger partial charge < -0.3 is 0 Å². The molecule has 0 aromatic rings. The van der Waals surface area contributed by atoms with Gasteiger partial charge in [-0.25, -0.2) is 0 Å². The van der Waals surface area contributed by atoms with E-state index in [1.165, 1.54) is 0 Å². The first kappa shape index (κ1) is 9.25. The van der Waals surface area contributed by atoms with Crippen molar-refractivity contribution in [3.8, 4) is 0 Å². The Hall–Kier alpha value is 0.247. The van der Waals surface area contributed by atoms with Crippen molar-refractivity contribution in [2.75, 3.05) is 0 Å². The van der Waals surface area contributed by atoms with Crippen LogP contribution in [0.4, 0.5) is 0 Å². The smallest absolute Gasteiger partial charge is 0.0903 e. The van der Waals surface area contributed by atoms with E-state index in [-0.39, 0.29) is 0 Å². The number of rotatable bonds is 3. The lowest BCUT2D eigenvalue weighted by Crippen LogP contribution is -2.35. The summed E-state index contributed by atoms with van der Waals surface area (Å²) in [5.41, 5.74) is 2.05. The van der Waals surface area contributed by atoms with Gasteiger partial charge in [0.25, 0.3) is 0 Å². The molecule has 0 saturated carbocycles. The minimum absolute atomic E-state index is 0.356. The van der Waals surface area contributed by atoms with E-state index < -0.39 is 8.07 Å². The lowest BCUT2D eigenvalue weighted by molar-refractivity contribution is 1.00. The van der Waals surface area contributed by atoms with Crippen LogP contribution >= 0.6 is 11.6 Å². The molecule has 0 amide bonds. The number of hydrogen-bond donors (Lipinski definition) is 0. The molecule has 0 fully saturated rings. The second-order valence-electron chi connectivity index (χ2n) is 2.90. The average Bonchev–Trinajstić information content (AvgIpc) is 1.86. The van der Waals surface area contributed by atoms with Crippen LogP contribution in [0, 0.1) is 0 Å². The summed E-state index contributed by atoms with van der Waals surface area (Å²) in [5, 5.41) is 0.356. The van der Waals surface area contributed by atoms with Gasteiger partial charge in [0, 0.05) is 5.00 Å². The van der Waals surface area contributed by atoms with Gasteiger partial charge in [0.05, 0.1) is 8.07 Å². The summed E-state index contributed by atoms with van der Waals surface area (Å²) in [7, 11) is -1.25. The molecule has 0 bridgehead atoms. The number of halogens is 1. The van der Waals surface area contributed by atoms with Gasteiger partial charge in [0.15, 0.2) is 0 Å². The SMILES string of the molecule is C=C[Si](C)(C)C(Cl)CC. The van der Waals surface area contributed by atoms with E-state index in [2.05, 4.69) is 26.6 Å². The summed E-state index contributed by atoms with van der Waals surface area (Å²) in [5.74, 6) is 0. The van der Waals surface area contributed by atoms with Gasteiger partial charge in [-0.2, -0.15) is 0 Å². The van der Waals surface area contributed by atoms with Crippen molar-refractivity contribution < 1.29 is 0 Å². The molecule has 2 heteroatoms. The van der Waals surface area contributed by atoms with Crippen molar-refractivity contribution in [2.45, 2.75) is 31.4 Å². The van der Waals surface area contributed by atoms with Crippen molar-refractivity contribution in [3.05, 3.63) is 12.3 Å². The molecule has 54 valence electrons. The zero-order valence-corrected chi connectivity index (χ0v) is 8.20. The van der Waals surface area contributed by atoms with E-state index in [0.717, 1.165) is 6.42 Å². The quantitative estimate of drug-likeness (QED) is 0.442. The maximum absolute atomic E-state index is 6.05. The summed E-state index contributed by atoms with van der Waals surface area (Å²) in [6.45, 7) is 10.4. The fourth-order valence-corrected chi connectivity index (χ4v) is 2.23. The van der Waals surface area contributed by atoms with Crippen molar-refractivity contribution in [3.63, 3.8) is 0 Å². The van der Waals surface area contributed by atoms with Crippen LogP contribution in [0.3, 0.4) is 0 Å². The van der Waals surface area contributed by atoms with E-state index in [0.29, 0.717) is 5.00 Å². The second-order valence-corrected chi connectivity index (χ2v) is 8.54. The Morgan fingerprint density at radius 3 is 2.22 bits per heavy atom. The Balaban J connectivity index is 3.95. The van der Waals surface area contributed by atoms with Gasteiger partial charge in [-0.05, 0) is 6.42 Å². The third-order valence-corrected chi connectivity index (χ3v) is 6.76. The first-order valence-corrected chi connectivity index (χ1v) is 6.91. The maximum atomic E-state index is 6.05. The molecule has 0 N–H and O–H groups in total. The highest BCUT2D eigenvalue weighted by Gasteiger charge is 2.24. The third-order valence-electron chi connectivity index (χ3n) is 1.69. The topological polar surface area (TPSA) is 0 Å². The van der Waals surface area contributed by atoms with Gasteiger partial charge in [-0.15, -0.1) is 23.9 Å². The maximum Gasteiger partial charge on any atom is 0.0903 e.